The molecule has 3 aromatic rings. The van der Waals surface area contributed by atoms with Crippen LogP contribution in [0.25, 0.3) is 10.9 Å². The summed E-state index contributed by atoms with van der Waals surface area (Å²) in [5.41, 5.74) is 5.82. The second-order valence-electron chi connectivity index (χ2n) is 8.63. The van der Waals surface area contributed by atoms with Crippen molar-refractivity contribution in [3.63, 3.8) is 0 Å². The Morgan fingerprint density at radius 1 is 1.14 bits per heavy atom. The summed E-state index contributed by atoms with van der Waals surface area (Å²) in [5.74, 6) is -0.566. The number of aromatic nitrogens is 3. The number of anilines is 1. The lowest BCUT2D eigenvalue weighted by Gasteiger charge is -2.32. The zero-order valence-electron chi connectivity index (χ0n) is 19.5. The quantitative estimate of drug-likeness (QED) is 0.340. The Hall–Kier alpha value is -3.67. The molecule has 0 spiro atoms. The van der Waals surface area contributed by atoms with Gasteiger partial charge in [-0.25, -0.2) is 9.97 Å². The van der Waals surface area contributed by atoms with E-state index in [1.54, 1.807) is 12.1 Å². The average Bonchev–Trinajstić information content (AvgIpc) is 3.27. The lowest BCUT2D eigenvalue weighted by Crippen LogP contribution is -2.44. The van der Waals surface area contributed by atoms with Crippen LogP contribution in [0.15, 0.2) is 42.9 Å². The van der Waals surface area contributed by atoms with E-state index in [2.05, 4.69) is 15.3 Å². The third kappa shape index (κ3) is 6.30. The minimum atomic E-state index is -4.46. The van der Waals surface area contributed by atoms with Crippen LogP contribution in [-0.4, -0.2) is 58.7 Å². The number of nitrogens with two attached hydrogens (primary N) is 1. The monoisotopic (exact) mass is 504 g/mol. The Kier molecular flexibility index (Phi) is 7.73. The van der Waals surface area contributed by atoms with Crippen LogP contribution in [0.4, 0.5) is 19.1 Å². The zero-order valence-corrected chi connectivity index (χ0v) is 19.5. The van der Waals surface area contributed by atoms with E-state index < -0.39 is 17.6 Å². The van der Waals surface area contributed by atoms with E-state index in [1.807, 2.05) is 27.8 Å². The maximum Gasteiger partial charge on any atom is 0.419 e. The van der Waals surface area contributed by atoms with Crippen LogP contribution >= 0.6 is 0 Å². The maximum absolute atomic E-state index is 12.7. The zero-order chi connectivity index (χ0) is 25.7. The van der Waals surface area contributed by atoms with Crippen LogP contribution in [-0.2, 0) is 22.3 Å². The van der Waals surface area contributed by atoms with E-state index in [0.717, 1.165) is 23.3 Å². The van der Waals surface area contributed by atoms with Gasteiger partial charge in [-0.05, 0) is 42.8 Å². The van der Waals surface area contributed by atoms with E-state index in [9.17, 15) is 22.8 Å². The molecule has 4 rings (SSSR count). The fourth-order valence-electron chi connectivity index (χ4n) is 4.15. The molecule has 192 valence electrons. The van der Waals surface area contributed by atoms with Gasteiger partial charge in [-0.15, -0.1) is 0 Å². The number of amides is 1. The summed E-state index contributed by atoms with van der Waals surface area (Å²) in [5, 5.41) is 4.18. The van der Waals surface area contributed by atoms with E-state index >= 15 is 0 Å². The highest BCUT2D eigenvalue weighted by Gasteiger charge is 2.32. The molecule has 0 bridgehead atoms. The molecule has 0 unspecified atom stereocenters. The molecule has 12 heteroatoms. The average molecular weight is 505 g/mol. The molecule has 9 nitrogen and oxygen atoms in total. The summed E-state index contributed by atoms with van der Waals surface area (Å²) < 4.78 is 45.3. The summed E-state index contributed by atoms with van der Waals surface area (Å²) >= 11 is 0. The van der Waals surface area contributed by atoms with Crippen molar-refractivity contribution in [2.75, 3.05) is 31.1 Å². The molecule has 0 aliphatic carbocycles. The molecular formula is C24H27F3N6O3. The number of ether oxygens (including phenoxy) is 1. The number of hydrogen-bond donors (Lipinski definition) is 2. The van der Waals surface area contributed by atoms with Gasteiger partial charge in [0.2, 0.25) is 11.9 Å². The Bertz CT molecular complexity index is 1200. The fourth-order valence-corrected chi connectivity index (χ4v) is 4.15. The molecule has 1 aliphatic heterocycles. The van der Waals surface area contributed by atoms with Gasteiger partial charge in [0.1, 0.15) is 0 Å². The molecule has 0 atom stereocenters. The van der Waals surface area contributed by atoms with E-state index in [0.29, 0.717) is 44.5 Å². The number of nitrogens with one attached hydrogen (secondary N) is 1. The number of primary amides is 1. The van der Waals surface area contributed by atoms with Gasteiger partial charge >= 0.3 is 12.1 Å². The Morgan fingerprint density at radius 3 is 2.53 bits per heavy atom. The summed E-state index contributed by atoms with van der Waals surface area (Å²) in [6.45, 7) is 2.10. The number of esters is 1. The lowest BCUT2D eigenvalue weighted by atomic mass is 10.1. The van der Waals surface area contributed by atoms with Crippen molar-refractivity contribution < 1.29 is 27.5 Å². The molecule has 1 saturated heterocycles. The van der Waals surface area contributed by atoms with Gasteiger partial charge in [-0.2, -0.15) is 13.2 Å². The standard InChI is InChI=1S/C24H27F3N6O3/c25-24(26,27)18-13-30-23(31-14-18)33-9-5-19(6-10-33)29-15-21(34)36-11-1-7-32-8-4-16-2-3-17(22(28)35)12-20(16)32/h2-4,8,12-14,19,29H,1,5-7,9-11,15H2,(H2,28,35). The summed E-state index contributed by atoms with van der Waals surface area (Å²) in [4.78, 5) is 33.0. The SMILES string of the molecule is NC(=O)c1ccc2ccn(CCCOC(=O)CNC3CCN(c4ncc(C(F)(F)F)cn4)CC3)c2c1. The molecular weight excluding hydrogens is 477 g/mol. The first-order chi connectivity index (χ1) is 17.2. The van der Waals surface area contributed by atoms with Crippen molar-refractivity contribution >= 4 is 28.7 Å². The minimum Gasteiger partial charge on any atom is -0.465 e. The van der Waals surface area contributed by atoms with Crippen molar-refractivity contribution in [3.05, 3.63) is 54.0 Å². The van der Waals surface area contributed by atoms with Gasteiger partial charge in [-0.1, -0.05) is 6.07 Å². The van der Waals surface area contributed by atoms with Gasteiger partial charge in [0.05, 0.1) is 18.7 Å². The van der Waals surface area contributed by atoms with Crippen LogP contribution < -0.4 is 16.0 Å². The molecule has 0 radical (unpaired) electrons. The molecule has 0 saturated carbocycles. The minimum absolute atomic E-state index is 0.0792. The molecule has 1 fully saturated rings. The van der Waals surface area contributed by atoms with Crippen LogP contribution in [0.2, 0.25) is 0 Å². The highest BCUT2D eigenvalue weighted by atomic mass is 19.4. The van der Waals surface area contributed by atoms with Crippen molar-refractivity contribution in [1.29, 1.82) is 0 Å². The molecule has 2 aromatic heterocycles. The number of nitrogens with zero attached hydrogens (tertiary/aromatic N) is 4. The molecule has 1 aliphatic rings. The number of halogens is 3. The predicted octanol–water partition coefficient (Wildman–Crippen LogP) is 2.74. The topological polar surface area (TPSA) is 115 Å². The molecule has 3 heterocycles. The predicted molar refractivity (Wildman–Crippen MR) is 126 cm³/mol. The number of benzene rings is 1. The number of fused-ring (bicyclic) bond motifs is 1. The van der Waals surface area contributed by atoms with Crippen molar-refractivity contribution in [2.24, 2.45) is 5.73 Å². The molecule has 1 amide bonds. The largest absolute Gasteiger partial charge is 0.465 e. The molecule has 36 heavy (non-hydrogen) atoms. The Labute approximate surface area is 205 Å². The highest BCUT2D eigenvalue weighted by Crippen LogP contribution is 2.28. The van der Waals surface area contributed by atoms with Gasteiger partial charge < -0.3 is 25.3 Å². The number of carbonyl (C=O) groups excluding carboxylic acids is 2. The normalized spacial score (nSPS) is 14.8. The van der Waals surface area contributed by atoms with Crippen LogP contribution in [0.3, 0.4) is 0 Å². The first-order valence-electron chi connectivity index (χ1n) is 11.6. The Morgan fingerprint density at radius 2 is 1.86 bits per heavy atom. The third-order valence-corrected chi connectivity index (χ3v) is 6.14. The summed E-state index contributed by atoms with van der Waals surface area (Å²) in [6, 6.07) is 7.33. The summed E-state index contributed by atoms with van der Waals surface area (Å²) in [7, 11) is 0. The maximum atomic E-state index is 12.7. The van der Waals surface area contributed by atoms with Crippen LogP contribution in [0.5, 0.6) is 0 Å². The molecule has 1 aromatic carbocycles. The number of piperidine rings is 1. The first-order valence-corrected chi connectivity index (χ1v) is 11.6. The van der Waals surface area contributed by atoms with Gasteiger partial charge in [0.25, 0.3) is 0 Å². The van der Waals surface area contributed by atoms with Crippen molar-refractivity contribution in [2.45, 2.75) is 38.0 Å². The number of alkyl halides is 3. The first kappa shape index (κ1) is 25.4. The third-order valence-electron chi connectivity index (χ3n) is 6.14. The van der Waals surface area contributed by atoms with Gasteiger partial charge in [0.15, 0.2) is 0 Å². The number of aryl methyl sites for hydroxylation is 1. The van der Waals surface area contributed by atoms with Crippen LogP contribution in [0.1, 0.15) is 35.2 Å². The molecule has 3 N–H and O–H groups in total. The van der Waals surface area contributed by atoms with Crippen LogP contribution in [0, 0.1) is 0 Å². The lowest BCUT2D eigenvalue weighted by molar-refractivity contribution is -0.143. The number of rotatable bonds is 9. The number of hydrogen-bond acceptors (Lipinski definition) is 7. The second kappa shape index (κ2) is 10.9. The van der Waals surface area contributed by atoms with Gasteiger partial charge in [0, 0.05) is 55.3 Å². The Balaban J connectivity index is 1.14. The summed E-state index contributed by atoms with van der Waals surface area (Å²) in [6.07, 6.45) is 1.05. The van der Waals surface area contributed by atoms with Crippen molar-refractivity contribution in [3.8, 4) is 0 Å². The van der Waals surface area contributed by atoms with E-state index in [4.69, 9.17) is 10.5 Å². The van der Waals surface area contributed by atoms with E-state index in [-0.39, 0.29) is 31.1 Å². The number of carbonyl (C=O) groups is 2. The fraction of sp³-hybridized carbons (Fsp3) is 0.417. The smallest absolute Gasteiger partial charge is 0.419 e. The highest BCUT2D eigenvalue weighted by molar-refractivity contribution is 5.97. The second-order valence-corrected chi connectivity index (χ2v) is 8.63. The van der Waals surface area contributed by atoms with Crippen molar-refractivity contribution in [1.82, 2.24) is 19.9 Å². The van der Waals surface area contributed by atoms with E-state index in [1.165, 1.54) is 0 Å². The van der Waals surface area contributed by atoms with Gasteiger partial charge in [-0.3, -0.25) is 9.59 Å².